The van der Waals surface area contributed by atoms with Crippen LogP contribution in [0, 0.1) is 5.92 Å². The van der Waals surface area contributed by atoms with E-state index in [1.807, 2.05) is 26.2 Å². The van der Waals surface area contributed by atoms with Gasteiger partial charge in [0, 0.05) is 10.5 Å². The molecule has 0 bridgehead atoms. The molecule has 104 valence electrons. The van der Waals surface area contributed by atoms with Crippen LogP contribution in [0.2, 0.25) is 0 Å². The van der Waals surface area contributed by atoms with Gasteiger partial charge in [0.2, 0.25) is 0 Å². The molecule has 0 saturated heterocycles. The quantitative estimate of drug-likeness (QED) is 0.787. The first-order valence-corrected chi connectivity index (χ1v) is 7.34. The summed E-state index contributed by atoms with van der Waals surface area (Å²) in [7, 11) is 0. The van der Waals surface area contributed by atoms with E-state index in [0.717, 1.165) is 4.90 Å². The van der Waals surface area contributed by atoms with E-state index >= 15 is 0 Å². The topological polar surface area (TPSA) is 66.4 Å². The van der Waals surface area contributed by atoms with Gasteiger partial charge in [0.05, 0.1) is 0 Å². The number of carbonyl (C=O) groups excluding carboxylic acids is 1. The first-order valence-electron chi connectivity index (χ1n) is 6.11. The Labute approximate surface area is 117 Å². The molecule has 1 rings (SSSR count). The van der Waals surface area contributed by atoms with Gasteiger partial charge < -0.3 is 10.4 Å². The molecule has 1 aromatic rings. The van der Waals surface area contributed by atoms with Crippen molar-refractivity contribution in [1.29, 1.82) is 0 Å². The number of rotatable bonds is 6. The lowest BCUT2D eigenvalue weighted by Gasteiger charge is -2.16. The van der Waals surface area contributed by atoms with E-state index in [4.69, 9.17) is 5.11 Å². The molecule has 19 heavy (non-hydrogen) atoms. The zero-order valence-electron chi connectivity index (χ0n) is 11.3. The van der Waals surface area contributed by atoms with Crippen molar-refractivity contribution in [3.63, 3.8) is 0 Å². The monoisotopic (exact) mass is 281 g/mol. The molecule has 0 saturated carbocycles. The Balaban J connectivity index is 2.78. The second kappa shape index (κ2) is 7.19. The number of nitrogens with one attached hydrogen (secondary N) is 1. The predicted octanol–water partition coefficient (Wildman–Crippen LogP) is 2.64. The number of carbonyl (C=O) groups is 2. The number of aliphatic carboxylic acids is 1. The van der Waals surface area contributed by atoms with E-state index in [-0.39, 0.29) is 11.8 Å². The molecule has 0 radical (unpaired) electrons. The fourth-order valence-corrected chi connectivity index (χ4v) is 2.16. The predicted molar refractivity (Wildman–Crippen MR) is 76.6 cm³/mol. The van der Waals surface area contributed by atoms with Gasteiger partial charge in [-0.2, -0.15) is 0 Å². The number of carboxylic acids is 1. The highest BCUT2D eigenvalue weighted by molar-refractivity contribution is 7.98. The van der Waals surface area contributed by atoms with Crippen LogP contribution in [0.5, 0.6) is 0 Å². The van der Waals surface area contributed by atoms with Gasteiger partial charge in [-0.3, -0.25) is 4.79 Å². The van der Waals surface area contributed by atoms with Crippen molar-refractivity contribution in [2.45, 2.75) is 31.2 Å². The van der Waals surface area contributed by atoms with Gasteiger partial charge in [-0.1, -0.05) is 19.9 Å². The third kappa shape index (κ3) is 4.95. The van der Waals surface area contributed by atoms with Gasteiger partial charge in [-0.15, -0.1) is 11.8 Å². The van der Waals surface area contributed by atoms with Crippen molar-refractivity contribution >= 4 is 23.6 Å². The Morgan fingerprint density at radius 2 is 2.05 bits per heavy atom. The van der Waals surface area contributed by atoms with Gasteiger partial charge in [0.25, 0.3) is 5.91 Å². The third-order valence-corrected chi connectivity index (χ3v) is 3.37. The number of hydrogen-bond acceptors (Lipinski definition) is 3. The summed E-state index contributed by atoms with van der Waals surface area (Å²) in [6.45, 7) is 3.85. The summed E-state index contributed by atoms with van der Waals surface area (Å²) in [5, 5.41) is 11.7. The normalized spacial score (nSPS) is 12.2. The highest BCUT2D eigenvalue weighted by atomic mass is 32.2. The van der Waals surface area contributed by atoms with Crippen LogP contribution in [0.4, 0.5) is 0 Å². The van der Waals surface area contributed by atoms with Gasteiger partial charge in [-0.05, 0) is 36.8 Å². The maximum Gasteiger partial charge on any atom is 0.326 e. The molecule has 0 spiro atoms. The van der Waals surface area contributed by atoms with E-state index in [0.29, 0.717) is 12.0 Å². The number of benzene rings is 1. The molecule has 2 N–H and O–H groups in total. The summed E-state index contributed by atoms with van der Waals surface area (Å²) in [5.41, 5.74) is 0.488. The van der Waals surface area contributed by atoms with Crippen LogP contribution in [0.1, 0.15) is 30.6 Å². The molecule has 0 fully saturated rings. The lowest BCUT2D eigenvalue weighted by atomic mass is 10.0. The summed E-state index contributed by atoms with van der Waals surface area (Å²) in [6.07, 6.45) is 2.35. The number of hydrogen-bond donors (Lipinski definition) is 2. The smallest absolute Gasteiger partial charge is 0.326 e. The fraction of sp³-hybridized carbons (Fsp3) is 0.429. The van der Waals surface area contributed by atoms with Crippen molar-refractivity contribution < 1.29 is 14.7 Å². The van der Waals surface area contributed by atoms with Gasteiger partial charge in [-0.25, -0.2) is 4.79 Å². The Bertz CT molecular complexity index is 460. The highest BCUT2D eigenvalue weighted by Crippen LogP contribution is 2.16. The molecule has 0 aliphatic rings. The summed E-state index contributed by atoms with van der Waals surface area (Å²) in [6, 6.07) is 6.30. The molecular weight excluding hydrogens is 262 g/mol. The second-order valence-electron chi connectivity index (χ2n) is 4.73. The molecule has 5 heteroatoms. The Morgan fingerprint density at radius 3 is 2.58 bits per heavy atom. The molecule has 0 aliphatic heterocycles. The van der Waals surface area contributed by atoms with E-state index in [1.165, 1.54) is 11.8 Å². The van der Waals surface area contributed by atoms with E-state index in [1.54, 1.807) is 18.2 Å². The van der Waals surface area contributed by atoms with E-state index < -0.39 is 12.0 Å². The van der Waals surface area contributed by atoms with Gasteiger partial charge >= 0.3 is 5.97 Å². The van der Waals surface area contributed by atoms with Crippen LogP contribution in [0.25, 0.3) is 0 Å². The van der Waals surface area contributed by atoms with Crippen molar-refractivity contribution in [3.05, 3.63) is 29.8 Å². The highest BCUT2D eigenvalue weighted by Gasteiger charge is 2.21. The van der Waals surface area contributed by atoms with Crippen molar-refractivity contribution in [3.8, 4) is 0 Å². The minimum atomic E-state index is -0.997. The molecule has 1 amide bonds. The molecule has 1 unspecified atom stereocenters. The van der Waals surface area contributed by atoms with E-state index in [9.17, 15) is 9.59 Å². The zero-order valence-corrected chi connectivity index (χ0v) is 12.2. The molecule has 4 nitrogen and oxygen atoms in total. The second-order valence-corrected chi connectivity index (χ2v) is 5.61. The van der Waals surface area contributed by atoms with Crippen LogP contribution in [0.15, 0.2) is 29.2 Å². The molecule has 0 aromatic heterocycles. The molecular formula is C14H19NO3S. The van der Waals surface area contributed by atoms with Crippen LogP contribution in [0.3, 0.4) is 0 Å². The number of carboxylic acid groups (broad SMARTS) is 1. The standard InChI is InChI=1S/C14H19NO3S/c1-9(2)7-12(14(17)18)15-13(16)10-5-4-6-11(8-10)19-3/h4-6,8-9,12H,7H2,1-3H3,(H,15,16)(H,17,18). The first-order chi connectivity index (χ1) is 8.93. The minimum absolute atomic E-state index is 0.207. The van der Waals surface area contributed by atoms with Crippen molar-refractivity contribution in [2.24, 2.45) is 5.92 Å². The Hall–Kier alpha value is -1.49. The van der Waals surface area contributed by atoms with E-state index in [2.05, 4.69) is 5.32 Å². The molecule has 0 aliphatic carbocycles. The first kappa shape index (κ1) is 15.6. The zero-order chi connectivity index (χ0) is 14.4. The average molecular weight is 281 g/mol. The van der Waals surface area contributed by atoms with Crippen LogP contribution in [-0.4, -0.2) is 29.3 Å². The minimum Gasteiger partial charge on any atom is -0.480 e. The lowest BCUT2D eigenvalue weighted by molar-refractivity contribution is -0.139. The van der Waals surface area contributed by atoms with Gasteiger partial charge in [0.15, 0.2) is 0 Å². The maximum absolute atomic E-state index is 12.0. The van der Waals surface area contributed by atoms with Crippen LogP contribution >= 0.6 is 11.8 Å². The van der Waals surface area contributed by atoms with Crippen molar-refractivity contribution in [1.82, 2.24) is 5.32 Å². The fourth-order valence-electron chi connectivity index (χ4n) is 1.70. The number of thioether (sulfide) groups is 1. The third-order valence-electron chi connectivity index (χ3n) is 2.64. The summed E-state index contributed by atoms with van der Waals surface area (Å²) < 4.78 is 0. The summed E-state index contributed by atoms with van der Waals surface area (Å²) in [4.78, 5) is 24.1. The van der Waals surface area contributed by atoms with Gasteiger partial charge in [0.1, 0.15) is 6.04 Å². The van der Waals surface area contributed by atoms with Crippen LogP contribution < -0.4 is 5.32 Å². The van der Waals surface area contributed by atoms with Crippen molar-refractivity contribution in [2.75, 3.05) is 6.26 Å². The summed E-state index contributed by atoms with van der Waals surface area (Å²) in [5.74, 6) is -1.13. The lowest BCUT2D eigenvalue weighted by Crippen LogP contribution is -2.41. The Morgan fingerprint density at radius 1 is 1.37 bits per heavy atom. The Kier molecular flexibility index (Phi) is 5.89. The molecule has 0 heterocycles. The summed E-state index contributed by atoms with van der Waals surface area (Å²) >= 11 is 1.54. The molecule has 1 aromatic carbocycles. The molecule has 1 atom stereocenters. The average Bonchev–Trinajstić information content (AvgIpc) is 2.37. The number of amides is 1. The largest absolute Gasteiger partial charge is 0.480 e. The SMILES string of the molecule is CSc1cccc(C(=O)NC(CC(C)C)C(=O)O)c1. The van der Waals surface area contributed by atoms with Crippen LogP contribution in [-0.2, 0) is 4.79 Å². The maximum atomic E-state index is 12.0.